The van der Waals surface area contributed by atoms with Gasteiger partial charge in [-0.05, 0) is 54.2 Å². The van der Waals surface area contributed by atoms with Crippen LogP contribution in [0.5, 0.6) is 5.75 Å². The third-order valence-electron chi connectivity index (χ3n) is 6.51. The van der Waals surface area contributed by atoms with Gasteiger partial charge in [-0.2, -0.15) is 0 Å². The van der Waals surface area contributed by atoms with E-state index in [1.807, 2.05) is 13.0 Å². The predicted molar refractivity (Wildman–Crippen MR) is 107 cm³/mol. The molecule has 2 aliphatic heterocycles. The topological polar surface area (TPSA) is 67.6 Å². The second-order valence-corrected chi connectivity index (χ2v) is 8.22. The van der Waals surface area contributed by atoms with Gasteiger partial charge in [-0.1, -0.05) is 19.1 Å². The van der Waals surface area contributed by atoms with Crippen LogP contribution in [0.25, 0.3) is 5.57 Å². The van der Waals surface area contributed by atoms with Crippen molar-refractivity contribution in [1.29, 1.82) is 0 Å². The van der Waals surface area contributed by atoms with E-state index in [4.69, 9.17) is 10.6 Å². The van der Waals surface area contributed by atoms with E-state index in [9.17, 15) is 4.79 Å². The Hall–Kier alpha value is -2.11. The summed E-state index contributed by atoms with van der Waals surface area (Å²) in [5, 5.41) is 0. The van der Waals surface area contributed by atoms with Crippen molar-refractivity contribution in [3.63, 3.8) is 0 Å². The second kappa shape index (κ2) is 7.13. The largest absolute Gasteiger partial charge is 0.487 e. The summed E-state index contributed by atoms with van der Waals surface area (Å²) >= 11 is 0. The zero-order valence-corrected chi connectivity index (χ0v) is 16.1. The highest BCUT2D eigenvalue weighted by atomic mass is 16.5. The summed E-state index contributed by atoms with van der Waals surface area (Å²) in [5.74, 6) is 5.84. The summed E-state index contributed by atoms with van der Waals surface area (Å²) in [6, 6.07) is 7.07. The van der Waals surface area contributed by atoms with Crippen molar-refractivity contribution in [2.45, 2.75) is 57.1 Å². The van der Waals surface area contributed by atoms with Crippen LogP contribution in [-0.4, -0.2) is 35.5 Å². The number of hydrogen-bond acceptors (Lipinski definition) is 4. The van der Waals surface area contributed by atoms with E-state index in [1.165, 1.54) is 30.9 Å². The van der Waals surface area contributed by atoms with Crippen LogP contribution in [0.3, 0.4) is 0 Å². The van der Waals surface area contributed by atoms with E-state index in [1.54, 1.807) is 0 Å². The van der Waals surface area contributed by atoms with E-state index in [2.05, 4.69) is 29.0 Å². The summed E-state index contributed by atoms with van der Waals surface area (Å²) in [5.41, 5.74) is 6.01. The molecule has 0 bridgehead atoms. The number of ether oxygens (including phenoxy) is 1. The molecule has 144 valence electrons. The Morgan fingerprint density at radius 2 is 2.11 bits per heavy atom. The van der Waals surface area contributed by atoms with Gasteiger partial charge in [0.15, 0.2) is 0 Å². The number of hydrazine groups is 1. The van der Waals surface area contributed by atoms with E-state index < -0.39 is 0 Å². The molecule has 0 unspecified atom stereocenters. The van der Waals surface area contributed by atoms with Gasteiger partial charge in [0, 0.05) is 44.5 Å². The summed E-state index contributed by atoms with van der Waals surface area (Å²) in [6.07, 6.45) is 8.77. The minimum atomic E-state index is -0.324. The van der Waals surface area contributed by atoms with Crippen LogP contribution in [0, 0.1) is 0 Å². The van der Waals surface area contributed by atoms with Crippen LogP contribution in [0.1, 0.15) is 50.2 Å². The zero-order chi connectivity index (χ0) is 19.0. The van der Waals surface area contributed by atoms with Crippen molar-refractivity contribution in [3.8, 4) is 5.75 Å². The molecule has 3 N–H and O–H groups in total. The molecule has 1 spiro atoms. The van der Waals surface area contributed by atoms with Gasteiger partial charge < -0.3 is 9.64 Å². The van der Waals surface area contributed by atoms with Crippen LogP contribution >= 0.6 is 0 Å². The average molecular weight is 367 g/mol. The fraction of sp³-hybridized carbons (Fsp3) is 0.500. The van der Waals surface area contributed by atoms with Gasteiger partial charge in [0.1, 0.15) is 11.4 Å². The maximum atomic E-state index is 11.5. The number of nitrogens with zero attached hydrogens (tertiary/aromatic N) is 1. The molecule has 0 atom stereocenters. The number of carbonyl (C=O) groups is 1. The van der Waals surface area contributed by atoms with Gasteiger partial charge in [0.05, 0.1) is 0 Å². The first-order chi connectivity index (χ1) is 13.0. The van der Waals surface area contributed by atoms with Gasteiger partial charge in [-0.15, -0.1) is 0 Å². The number of fused-ring (bicyclic) bond motifs is 1. The van der Waals surface area contributed by atoms with Gasteiger partial charge in [-0.25, -0.2) is 5.84 Å². The SMILES string of the molecule is C=C(/C(C)=C\C(=O)NN)c1ccc2c(c1)CC1(CCN(C3CCC3)CC1)O2. The third-order valence-corrected chi connectivity index (χ3v) is 6.51. The fourth-order valence-corrected chi connectivity index (χ4v) is 4.50. The molecule has 1 amide bonds. The Kier molecular flexibility index (Phi) is 4.82. The van der Waals surface area contributed by atoms with Crippen LogP contribution in [0.2, 0.25) is 0 Å². The highest BCUT2D eigenvalue weighted by Crippen LogP contribution is 2.43. The van der Waals surface area contributed by atoms with Crippen LogP contribution in [0.4, 0.5) is 0 Å². The number of benzene rings is 1. The second-order valence-electron chi connectivity index (χ2n) is 8.22. The Labute approximate surface area is 161 Å². The average Bonchev–Trinajstić information content (AvgIpc) is 2.98. The normalized spacial score (nSPS) is 22.1. The molecule has 5 nitrogen and oxygen atoms in total. The summed E-state index contributed by atoms with van der Waals surface area (Å²) in [6.45, 7) is 8.32. The van der Waals surface area contributed by atoms with Crippen LogP contribution in [0.15, 0.2) is 36.4 Å². The van der Waals surface area contributed by atoms with Crippen molar-refractivity contribution in [2.24, 2.45) is 5.84 Å². The van der Waals surface area contributed by atoms with Gasteiger partial charge in [0.25, 0.3) is 5.91 Å². The number of nitrogens with two attached hydrogens (primary N) is 1. The van der Waals surface area contributed by atoms with E-state index >= 15 is 0 Å². The number of allylic oxidation sites excluding steroid dienone is 2. The molecule has 3 aliphatic rings. The molecule has 27 heavy (non-hydrogen) atoms. The van der Waals surface area contributed by atoms with Crippen molar-refractivity contribution in [1.82, 2.24) is 10.3 Å². The van der Waals surface area contributed by atoms with Crippen molar-refractivity contribution >= 4 is 11.5 Å². The molecule has 1 saturated carbocycles. The zero-order valence-electron chi connectivity index (χ0n) is 16.1. The lowest BCUT2D eigenvalue weighted by molar-refractivity contribution is -0.116. The monoisotopic (exact) mass is 367 g/mol. The lowest BCUT2D eigenvalue weighted by Gasteiger charge is -2.45. The maximum Gasteiger partial charge on any atom is 0.258 e. The summed E-state index contributed by atoms with van der Waals surface area (Å²) < 4.78 is 6.44. The van der Waals surface area contributed by atoms with Gasteiger partial charge in [-0.3, -0.25) is 10.2 Å². The molecule has 1 saturated heterocycles. The van der Waals surface area contributed by atoms with E-state index in [0.717, 1.165) is 60.9 Å². The number of rotatable bonds is 4. The molecule has 1 aromatic rings. The number of carbonyl (C=O) groups excluding carboxylic acids is 1. The summed E-state index contributed by atoms with van der Waals surface area (Å²) in [7, 11) is 0. The Morgan fingerprint density at radius 3 is 2.74 bits per heavy atom. The van der Waals surface area contributed by atoms with Crippen molar-refractivity contribution in [3.05, 3.63) is 47.6 Å². The first-order valence-electron chi connectivity index (χ1n) is 9.94. The van der Waals surface area contributed by atoms with Crippen LogP contribution < -0.4 is 16.0 Å². The third kappa shape index (κ3) is 3.54. The lowest BCUT2D eigenvalue weighted by atomic mass is 9.83. The van der Waals surface area contributed by atoms with E-state index in [0.29, 0.717) is 0 Å². The van der Waals surface area contributed by atoms with Crippen molar-refractivity contribution < 1.29 is 9.53 Å². The molecule has 1 aliphatic carbocycles. The lowest BCUT2D eigenvalue weighted by Crippen LogP contribution is -2.52. The quantitative estimate of drug-likeness (QED) is 0.282. The molecule has 2 fully saturated rings. The highest BCUT2D eigenvalue weighted by Gasteiger charge is 2.43. The molecule has 4 rings (SSSR count). The van der Waals surface area contributed by atoms with Gasteiger partial charge >= 0.3 is 0 Å². The van der Waals surface area contributed by atoms with E-state index in [-0.39, 0.29) is 11.5 Å². The standard InChI is InChI=1S/C22H29N3O2/c1-15(12-21(26)24-23)16(2)17-6-7-20-18(13-17)14-22(27-20)8-10-25(11-9-22)19-4-3-5-19/h6-7,12-13,19H,2-5,8-11,14,23H2,1H3,(H,24,26)/b15-12-. The Balaban J connectivity index is 1.45. The molecule has 1 aromatic carbocycles. The molecule has 0 aromatic heterocycles. The Morgan fingerprint density at radius 1 is 1.37 bits per heavy atom. The molecular weight excluding hydrogens is 338 g/mol. The highest BCUT2D eigenvalue weighted by molar-refractivity contribution is 5.92. The smallest absolute Gasteiger partial charge is 0.258 e. The maximum absolute atomic E-state index is 11.5. The molecule has 0 radical (unpaired) electrons. The first kappa shape index (κ1) is 18.3. The Bertz CT molecular complexity index is 787. The minimum absolute atomic E-state index is 0.0349. The minimum Gasteiger partial charge on any atom is -0.487 e. The van der Waals surface area contributed by atoms with Gasteiger partial charge in [0.2, 0.25) is 0 Å². The predicted octanol–water partition coefficient (Wildman–Crippen LogP) is 2.96. The summed E-state index contributed by atoms with van der Waals surface area (Å²) in [4.78, 5) is 14.1. The number of piperidine rings is 1. The number of amides is 1. The van der Waals surface area contributed by atoms with Crippen LogP contribution in [-0.2, 0) is 11.2 Å². The number of nitrogens with one attached hydrogen (secondary N) is 1. The molecule has 2 heterocycles. The number of hydrogen-bond donors (Lipinski definition) is 2. The number of likely N-dealkylation sites (tertiary alicyclic amines) is 1. The molecular formula is C22H29N3O2. The first-order valence-corrected chi connectivity index (χ1v) is 9.94. The van der Waals surface area contributed by atoms with Crippen molar-refractivity contribution in [2.75, 3.05) is 13.1 Å². The molecule has 5 heteroatoms. The fourth-order valence-electron chi connectivity index (χ4n) is 4.50.